The van der Waals surface area contributed by atoms with Crippen molar-refractivity contribution in [1.82, 2.24) is 19.5 Å². The van der Waals surface area contributed by atoms with Crippen LogP contribution in [0.4, 0.5) is 0 Å². The van der Waals surface area contributed by atoms with Crippen LogP contribution in [0.2, 0.25) is 0 Å². The second-order valence-electron chi connectivity index (χ2n) is 11.6. The summed E-state index contributed by atoms with van der Waals surface area (Å²) in [6.07, 6.45) is 0. The zero-order chi connectivity index (χ0) is 30.0. The lowest BCUT2D eigenvalue weighted by Gasteiger charge is -2.35. The first-order valence-electron chi connectivity index (χ1n) is 14.4. The molecule has 0 atom stereocenters. The Bertz CT molecular complexity index is 2290. The maximum atomic E-state index is 9.33. The van der Waals surface area contributed by atoms with Gasteiger partial charge in [-0.3, -0.25) is 0 Å². The van der Waals surface area contributed by atoms with Gasteiger partial charge in [-0.25, -0.2) is 15.0 Å². The summed E-state index contributed by atoms with van der Waals surface area (Å²) in [5.41, 5.74) is 9.38. The van der Waals surface area contributed by atoms with Crippen LogP contribution >= 0.6 is 0 Å². The summed E-state index contributed by atoms with van der Waals surface area (Å²) >= 11 is 0. The van der Waals surface area contributed by atoms with Crippen molar-refractivity contribution in [2.75, 3.05) is 0 Å². The number of para-hydroxylation sites is 2. The Morgan fingerprint density at radius 2 is 1.11 bits per heavy atom. The van der Waals surface area contributed by atoms with Gasteiger partial charge in [-0.1, -0.05) is 50.2 Å². The Morgan fingerprint density at radius 1 is 0.568 bits per heavy atom. The van der Waals surface area contributed by atoms with Crippen molar-refractivity contribution in [3.8, 4) is 52.0 Å². The zero-order valence-corrected chi connectivity index (χ0v) is 24.1. The van der Waals surface area contributed by atoms with Gasteiger partial charge in [0.05, 0.1) is 40.0 Å². The molecule has 1 aliphatic rings. The van der Waals surface area contributed by atoms with Crippen LogP contribution in [-0.2, 0) is 5.41 Å². The van der Waals surface area contributed by atoms with Gasteiger partial charge < -0.3 is 4.57 Å². The van der Waals surface area contributed by atoms with Crippen LogP contribution in [0.5, 0.6) is 0 Å². The minimum Gasteiger partial charge on any atom is -0.309 e. The van der Waals surface area contributed by atoms with Crippen molar-refractivity contribution in [3.63, 3.8) is 0 Å². The molecule has 0 bridgehead atoms. The van der Waals surface area contributed by atoms with Crippen LogP contribution in [-0.4, -0.2) is 19.5 Å². The van der Waals surface area contributed by atoms with Gasteiger partial charge in [-0.2, -0.15) is 10.5 Å². The maximum Gasteiger partial charge on any atom is 0.164 e. The minimum absolute atomic E-state index is 0.270. The maximum absolute atomic E-state index is 9.33. The molecule has 0 unspecified atom stereocenters. The first-order chi connectivity index (χ1) is 21.5. The average molecular weight is 565 g/mol. The molecule has 0 spiro atoms. The predicted molar refractivity (Wildman–Crippen MR) is 172 cm³/mol. The van der Waals surface area contributed by atoms with E-state index in [-0.39, 0.29) is 5.41 Å². The molecule has 5 aromatic carbocycles. The molecule has 8 rings (SSSR count). The largest absolute Gasteiger partial charge is 0.309 e. The molecule has 1 aliphatic heterocycles. The summed E-state index contributed by atoms with van der Waals surface area (Å²) < 4.78 is 2.39. The third-order valence-electron chi connectivity index (χ3n) is 8.70. The number of rotatable bonds is 3. The summed E-state index contributed by atoms with van der Waals surface area (Å²) in [5, 5.41) is 21.0. The Hall–Kier alpha value is -6.11. The summed E-state index contributed by atoms with van der Waals surface area (Å²) in [6.45, 7) is 4.56. The van der Waals surface area contributed by atoms with E-state index in [1.54, 1.807) is 24.3 Å². The number of benzene rings is 5. The molecule has 3 heterocycles. The Balaban J connectivity index is 1.42. The molecular weight excluding hydrogens is 540 g/mol. The Kier molecular flexibility index (Phi) is 5.50. The minimum atomic E-state index is -0.270. The van der Waals surface area contributed by atoms with Gasteiger partial charge in [0.25, 0.3) is 0 Å². The Labute approximate surface area is 254 Å². The molecule has 6 heteroatoms. The molecule has 0 amide bonds. The van der Waals surface area contributed by atoms with Crippen molar-refractivity contribution in [2.24, 2.45) is 0 Å². The molecule has 0 radical (unpaired) electrons. The number of nitriles is 2. The van der Waals surface area contributed by atoms with E-state index in [1.807, 2.05) is 24.3 Å². The van der Waals surface area contributed by atoms with Crippen molar-refractivity contribution in [2.45, 2.75) is 19.3 Å². The van der Waals surface area contributed by atoms with Crippen molar-refractivity contribution >= 4 is 21.8 Å². The van der Waals surface area contributed by atoms with Gasteiger partial charge in [-0.05, 0) is 83.9 Å². The van der Waals surface area contributed by atoms with Crippen LogP contribution in [0.1, 0.15) is 36.1 Å². The van der Waals surface area contributed by atoms with Gasteiger partial charge in [0.1, 0.15) is 0 Å². The molecule has 44 heavy (non-hydrogen) atoms. The van der Waals surface area contributed by atoms with E-state index in [9.17, 15) is 10.5 Å². The van der Waals surface area contributed by atoms with Gasteiger partial charge >= 0.3 is 0 Å². The summed E-state index contributed by atoms with van der Waals surface area (Å²) in [4.78, 5) is 14.9. The zero-order valence-electron chi connectivity index (χ0n) is 24.1. The lowest BCUT2D eigenvalue weighted by atomic mass is 9.74. The second-order valence-corrected chi connectivity index (χ2v) is 11.6. The fraction of sp³-hybridized carbons (Fsp3) is 0.0789. The lowest BCUT2D eigenvalue weighted by Crippen LogP contribution is -2.26. The van der Waals surface area contributed by atoms with Crippen molar-refractivity contribution < 1.29 is 0 Å². The smallest absolute Gasteiger partial charge is 0.164 e. The lowest BCUT2D eigenvalue weighted by molar-refractivity contribution is 0.630. The normalized spacial score (nSPS) is 12.9. The van der Waals surface area contributed by atoms with Gasteiger partial charge in [0.15, 0.2) is 17.5 Å². The number of hydrogen-bond donors (Lipinski definition) is 0. The van der Waals surface area contributed by atoms with Crippen LogP contribution in [0.3, 0.4) is 0 Å². The van der Waals surface area contributed by atoms with E-state index in [4.69, 9.17) is 15.0 Å². The molecule has 6 nitrogen and oxygen atoms in total. The van der Waals surface area contributed by atoms with Gasteiger partial charge in [0, 0.05) is 32.9 Å². The molecule has 0 saturated carbocycles. The van der Waals surface area contributed by atoms with E-state index in [0.29, 0.717) is 28.6 Å². The monoisotopic (exact) mass is 564 g/mol. The van der Waals surface area contributed by atoms with E-state index in [1.165, 1.54) is 27.7 Å². The molecule has 0 fully saturated rings. The highest BCUT2D eigenvalue weighted by molar-refractivity contribution is 6.12. The highest BCUT2D eigenvalue weighted by Gasteiger charge is 2.35. The van der Waals surface area contributed by atoms with E-state index >= 15 is 0 Å². The molecule has 0 saturated heterocycles. The fourth-order valence-corrected chi connectivity index (χ4v) is 6.45. The molecule has 0 N–H and O–H groups in total. The van der Waals surface area contributed by atoms with E-state index in [2.05, 4.69) is 91.2 Å². The standard InChI is InChI=1S/C38H24N6/c1-38(2)30-8-4-6-10-33(30)44-32-9-5-3-7-28(32)29-19-27(20-31(38)34(29)44)37-42-35(25-15-11-23(21-39)12-16-25)41-36(43-37)26-17-13-24(22-40)14-18-26/h3-20H,1-2H3. The highest BCUT2D eigenvalue weighted by atomic mass is 15.0. The van der Waals surface area contributed by atoms with Crippen LogP contribution < -0.4 is 0 Å². The van der Waals surface area contributed by atoms with Gasteiger partial charge in [0.2, 0.25) is 0 Å². The van der Waals surface area contributed by atoms with Crippen LogP contribution in [0.25, 0.3) is 61.7 Å². The third kappa shape index (κ3) is 3.75. The SMILES string of the molecule is CC1(C)c2ccccc2-n2c3ccccc3c3cc(-c4nc(-c5ccc(C#N)cc5)nc(-c5ccc(C#N)cc5)n4)cc1c32. The van der Waals surface area contributed by atoms with Crippen molar-refractivity contribution in [3.05, 3.63) is 131 Å². The predicted octanol–water partition coefficient (Wildman–Crippen LogP) is 8.35. The molecule has 7 aromatic rings. The number of hydrogen-bond acceptors (Lipinski definition) is 5. The fourth-order valence-electron chi connectivity index (χ4n) is 6.45. The molecule has 206 valence electrons. The Morgan fingerprint density at radius 3 is 1.73 bits per heavy atom. The summed E-state index contributed by atoms with van der Waals surface area (Å²) in [6, 6.07) is 40.5. The van der Waals surface area contributed by atoms with Crippen LogP contribution in [0, 0.1) is 22.7 Å². The summed E-state index contributed by atoms with van der Waals surface area (Å²) in [7, 11) is 0. The first-order valence-corrected chi connectivity index (χ1v) is 14.4. The molecular formula is C38H24N6. The highest BCUT2D eigenvalue weighted by Crippen LogP contribution is 2.48. The first kappa shape index (κ1) is 25.6. The number of aromatic nitrogens is 4. The second kappa shape index (κ2) is 9.46. The average Bonchev–Trinajstić information content (AvgIpc) is 3.41. The van der Waals surface area contributed by atoms with Crippen LogP contribution in [0.15, 0.2) is 109 Å². The van der Waals surface area contributed by atoms with Crippen molar-refractivity contribution in [1.29, 1.82) is 10.5 Å². The number of nitrogens with zero attached hydrogens (tertiary/aromatic N) is 6. The van der Waals surface area contributed by atoms with Gasteiger partial charge in [-0.15, -0.1) is 0 Å². The van der Waals surface area contributed by atoms with E-state index in [0.717, 1.165) is 27.6 Å². The summed E-state index contributed by atoms with van der Waals surface area (Å²) in [5.74, 6) is 1.59. The third-order valence-corrected chi connectivity index (χ3v) is 8.70. The number of fused-ring (bicyclic) bond motifs is 5. The topological polar surface area (TPSA) is 91.2 Å². The van der Waals surface area contributed by atoms with E-state index < -0.39 is 0 Å². The molecule has 2 aromatic heterocycles. The molecule has 0 aliphatic carbocycles. The quantitative estimate of drug-likeness (QED) is 0.215.